The molecule has 0 spiro atoms. The molecule has 0 aliphatic rings. The lowest BCUT2D eigenvalue weighted by molar-refractivity contribution is 0.103. The minimum Gasteiger partial charge on any atom is -0.489 e. The maximum atomic E-state index is 12.2. The van der Waals surface area contributed by atoms with Crippen LogP contribution in [0.5, 0.6) is 5.75 Å². The van der Waals surface area contributed by atoms with E-state index in [4.69, 9.17) is 16.3 Å². The number of hydrogen-bond donors (Lipinski definition) is 1. The number of benzene rings is 1. The zero-order valence-corrected chi connectivity index (χ0v) is 14.8. The van der Waals surface area contributed by atoms with Gasteiger partial charge in [0.1, 0.15) is 12.4 Å². The number of nitrogens with zero attached hydrogens (tertiary/aromatic N) is 2. The number of nitrogens with one attached hydrogen (secondary N) is 1. The fourth-order valence-electron chi connectivity index (χ4n) is 2.18. The minimum atomic E-state index is -0.151. The topological polar surface area (TPSA) is 56.1 Å². The highest BCUT2D eigenvalue weighted by molar-refractivity contribution is 7.12. The fraction of sp³-hybridized carbons (Fsp3) is 0.176. The summed E-state index contributed by atoms with van der Waals surface area (Å²) >= 11 is 7.32. The molecule has 0 unspecified atom stereocenters. The first-order chi connectivity index (χ1) is 11.5. The van der Waals surface area contributed by atoms with E-state index in [1.54, 1.807) is 30.2 Å². The molecular formula is C17H16ClN3O2S. The Morgan fingerprint density at radius 2 is 2.25 bits per heavy atom. The summed E-state index contributed by atoms with van der Waals surface area (Å²) in [6.45, 7) is 2.35. The summed E-state index contributed by atoms with van der Waals surface area (Å²) in [5.74, 6) is 0.633. The Labute approximate surface area is 148 Å². The first-order valence-corrected chi connectivity index (χ1v) is 8.53. The van der Waals surface area contributed by atoms with Crippen molar-refractivity contribution in [1.82, 2.24) is 9.78 Å². The SMILES string of the molecule is Cc1cc(Cl)ccc1OCc1csc(C(=O)Nc2cnn(C)c2)c1. The van der Waals surface area contributed by atoms with Gasteiger partial charge in [-0.25, -0.2) is 0 Å². The third kappa shape index (κ3) is 3.96. The van der Waals surface area contributed by atoms with Gasteiger partial charge in [0.25, 0.3) is 5.91 Å². The van der Waals surface area contributed by atoms with Crippen molar-refractivity contribution in [1.29, 1.82) is 0 Å². The molecule has 0 saturated carbocycles. The molecule has 0 aliphatic carbocycles. The van der Waals surface area contributed by atoms with E-state index < -0.39 is 0 Å². The fourth-order valence-corrected chi connectivity index (χ4v) is 3.20. The van der Waals surface area contributed by atoms with E-state index in [0.29, 0.717) is 22.2 Å². The van der Waals surface area contributed by atoms with Crippen molar-refractivity contribution in [3.8, 4) is 5.75 Å². The number of anilines is 1. The summed E-state index contributed by atoms with van der Waals surface area (Å²) in [6, 6.07) is 7.34. The van der Waals surface area contributed by atoms with E-state index in [1.807, 2.05) is 30.5 Å². The Kier molecular flexibility index (Phi) is 4.87. The molecule has 0 radical (unpaired) electrons. The van der Waals surface area contributed by atoms with Gasteiger partial charge in [0.2, 0.25) is 0 Å². The van der Waals surface area contributed by atoms with Gasteiger partial charge in [-0.05, 0) is 42.1 Å². The van der Waals surface area contributed by atoms with E-state index in [0.717, 1.165) is 16.9 Å². The van der Waals surface area contributed by atoms with Crippen LogP contribution in [0.15, 0.2) is 42.0 Å². The van der Waals surface area contributed by atoms with Crippen LogP contribution in [0.1, 0.15) is 20.8 Å². The molecule has 5 nitrogen and oxygen atoms in total. The molecule has 0 fully saturated rings. The third-order valence-corrected chi connectivity index (χ3v) is 4.58. The van der Waals surface area contributed by atoms with E-state index in [-0.39, 0.29) is 5.91 Å². The van der Waals surface area contributed by atoms with Crippen molar-refractivity contribution in [2.45, 2.75) is 13.5 Å². The van der Waals surface area contributed by atoms with Crippen LogP contribution < -0.4 is 10.1 Å². The van der Waals surface area contributed by atoms with Gasteiger partial charge in [0, 0.05) is 23.8 Å². The summed E-state index contributed by atoms with van der Waals surface area (Å²) in [4.78, 5) is 12.8. The number of aryl methyl sites for hydroxylation is 2. The Hall–Kier alpha value is -2.31. The molecule has 3 rings (SSSR count). The number of amides is 1. The highest BCUT2D eigenvalue weighted by Gasteiger charge is 2.11. The summed E-state index contributed by atoms with van der Waals surface area (Å²) < 4.78 is 7.43. The zero-order chi connectivity index (χ0) is 17.1. The average Bonchev–Trinajstić information content (AvgIpc) is 3.15. The van der Waals surface area contributed by atoms with Gasteiger partial charge in [-0.15, -0.1) is 11.3 Å². The van der Waals surface area contributed by atoms with E-state index in [9.17, 15) is 4.79 Å². The number of thiophene rings is 1. The van der Waals surface area contributed by atoms with E-state index in [2.05, 4.69) is 10.4 Å². The number of halogens is 1. The molecule has 24 heavy (non-hydrogen) atoms. The van der Waals surface area contributed by atoms with Gasteiger partial charge in [0.15, 0.2) is 0 Å². The number of aromatic nitrogens is 2. The number of carbonyl (C=O) groups is 1. The van der Waals surface area contributed by atoms with E-state index >= 15 is 0 Å². The van der Waals surface area contributed by atoms with Crippen LogP contribution in [0.25, 0.3) is 0 Å². The predicted octanol–water partition coefficient (Wildman–Crippen LogP) is 4.27. The minimum absolute atomic E-state index is 0.151. The quantitative estimate of drug-likeness (QED) is 0.738. The van der Waals surface area contributed by atoms with Gasteiger partial charge < -0.3 is 10.1 Å². The van der Waals surface area contributed by atoms with Crippen molar-refractivity contribution >= 4 is 34.5 Å². The lowest BCUT2D eigenvalue weighted by atomic mass is 10.2. The van der Waals surface area contributed by atoms with Crippen molar-refractivity contribution in [2.75, 3.05) is 5.32 Å². The van der Waals surface area contributed by atoms with Gasteiger partial charge in [-0.1, -0.05) is 11.6 Å². The summed E-state index contributed by atoms with van der Waals surface area (Å²) in [5.41, 5.74) is 2.60. The number of rotatable bonds is 5. The second-order valence-electron chi connectivity index (χ2n) is 5.37. The Bertz CT molecular complexity index is 872. The lowest BCUT2D eigenvalue weighted by Gasteiger charge is -2.08. The molecule has 1 N–H and O–H groups in total. The lowest BCUT2D eigenvalue weighted by Crippen LogP contribution is -2.09. The summed E-state index contributed by atoms with van der Waals surface area (Å²) in [5, 5.41) is 9.44. The van der Waals surface area contributed by atoms with Crippen molar-refractivity contribution < 1.29 is 9.53 Å². The molecule has 3 aromatic rings. The normalized spacial score (nSPS) is 10.6. The predicted molar refractivity (Wildman–Crippen MR) is 96.0 cm³/mol. The van der Waals surface area contributed by atoms with Crippen LogP contribution >= 0.6 is 22.9 Å². The highest BCUT2D eigenvalue weighted by Crippen LogP contribution is 2.24. The highest BCUT2D eigenvalue weighted by atomic mass is 35.5. The maximum absolute atomic E-state index is 12.2. The average molecular weight is 362 g/mol. The van der Waals surface area contributed by atoms with Gasteiger partial charge >= 0.3 is 0 Å². The number of hydrogen-bond acceptors (Lipinski definition) is 4. The van der Waals surface area contributed by atoms with Crippen molar-refractivity contribution in [3.63, 3.8) is 0 Å². The van der Waals surface area contributed by atoms with Gasteiger partial charge in [-0.2, -0.15) is 5.10 Å². The van der Waals surface area contributed by atoms with Crippen LogP contribution in [-0.4, -0.2) is 15.7 Å². The van der Waals surface area contributed by atoms with E-state index in [1.165, 1.54) is 11.3 Å². The monoisotopic (exact) mass is 361 g/mol. The standard InChI is InChI=1S/C17H16ClN3O2S/c1-11-5-13(18)3-4-15(11)23-9-12-6-16(24-10-12)17(22)20-14-7-19-21(2)8-14/h3-8,10H,9H2,1-2H3,(H,20,22). The van der Waals surface area contributed by atoms with Crippen molar-refractivity contribution in [3.05, 3.63) is 63.1 Å². The first-order valence-electron chi connectivity index (χ1n) is 7.27. The van der Waals surface area contributed by atoms with Gasteiger partial charge in [0.05, 0.1) is 16.8 Å². The first kappa shape index (κ1) is 16.5. The molecule has 2 aromatic heterocycles. The van der Waals surface area contributed by atoms with Crippen LogP contribution in [0.2, 0.25) is 5.02 Å². The zero-order valence-electron chi connectivity index (χ0n) is 13.2. The summed E-state index contributed by atoms with van der Waals surface area (Å²) in [7, 11) is 1.80. The number of ether oxygens (including phenoxy) is 1. The Balaban J connectivity index is 1.61. The molecule has 0 saturated heterocycles. The van der Waals surface area contributed by atoms with Crippen LogP contribution in [0.3, 0.4) is 0 Å². The Morgan fingerprint density at radius 1 is 1.42 bits per heavy atom. The molecule has 2 heterocycles. The van der Waals surface area contributed by atoms with Crippen LogP contribution in [0, 0.1) is 6.92 Å². The van der Waals surface area contributed by atoms with Crippen LogP contribution in [0.4, 0.5) is 5.69 Å². The van der Waals surface area contributed by atoms with Crippen LogP contribution in [-0.2, 0) is 13.7 Å². The second-order valence-corrected chi connectivity index (χ2v) is 6.72. The molecule has 0 atom stereocenters. The second kappa shape index (κ2) is 7.07. The third-order valence-electron chi connectivity index (χ3n) is 3.37. The Morgan fingerprint density at radius 3 is 2.96 bits per heavy atom. The molecule has 124 valence electrons. The molecule has 0 aliphatic heterocycles. The molecule has 1 aromatic carbocycles. The summed E-state index contributed by atoms with van der Waals surface area (Å²) in [6.07, 6.45) is 3.36. The molecule has 1 amide bonds. The molecule has 0 bridgehead atoms. The van der Waals surface area contributed by atoms with Crippen molar-refractivity contribution in [2.24, 2.45) is 7.05 Å². The number of carbonyl (C=O) groups excluding carboxylic acids is 1. The smallest absolute Gasteiger partial charge is 0.265 e. The molecular weight excluding hydrogens is 346 g/mol. The molecule has 7 heteroatoms. The largest absolute Gasteiger partial charge is 0.489 e. The van der Waals surface area contributed by atoms with Gasteiger partial charge in [-0.3, -0.25) is 9.48 Å². The maximum Gasteiger partial charge on any atom is 0.265 e.